The van der Waals surface area contributed by atoms with Gasteiger partial charge in [0.05, 0.1) is 11.7 Å². The van der Waals surface area contributed by atoms with Gasteiger partial charge in [-0.2, -0.15) is 16.9 Å². The quantitative estimate of drug-likeness (QED) is 0.855. The number of rotatable bonds is 1. The molecule has 1 aliphatic rings. The zero-order valence-corrected chi connectivity index (χ0v) is 11.0. The predicted octanol–water partition coefficient (Wildman–Crippen LogP) is 2.14. The number of aromatic amines is 1. The number of thioether (sulfide) groups is 1. The molecule has 18 heavy (non-hydrogen) atoms. The predicted molar refractivity (Wildman–Crippen MR) is 73.9 cm³/mol. The van der Waals surface area contributed by atoms with Crippen LogP contribution in [0.15, 0.2) is 24.4 Å². The average molecular weight is 261 g/mol. The standard InChI is InChI=1S/C13H15N3OS/c1-9-8-18-5-4-16(9)13(17)10-2-3-11-7-14-15-12(11)6-10/h2-3,6-7,9H,4-5,8H2,1H3,(H,14,15). The topological polar surface area (TPSA) is 49.0 Å². The number of hydrogen-bond acceptors (Lipinski definition) is 3. The van der Waals surface area contributed by atoms with Crippen LogP contribution in [0.4, 0.5) is 0 Å². The van der Waals surface area contributed by atoms with Crippen molar-refractivity contribution in [3.8, 4) is 0 Å². The largest absolute Gasteiger partial charge is 0.334 e. The van der Waals surface area contributed by atoms with E-state index < -0.39 is 0 Å². The van der Waals surface area contributed by atoms with Gasteiger partial charge >= 0.3 is 0 Å². The first-order valence-corrected chi connectivity index (χ1v) is 7.23. The number of aromatic nitrogens is 2. The van der Waals surface area contributed by atoms with Crippen molar-refractivity contribution in [3.63, 3.8) is 0 Å². The summed E-state index contributed by atoms with van der Waals surface area (Å²) in [6.45, 7) is 2.95. The average Bonchev–Trinajstić information content (AvgIpc) is 2.85. The lowest BCUT2D eigenvalue weighted by atomic mass is 10.1. The molecule has 1 aromatic carbocycles. The minimum absolute atomic E-state index is 0.124. The Morgan fingerprint density at radius 3 is 3.28 bits per heavy atom. The van der Waals surface area contributed by atoms with Gasteiger partial charge in [0.2, 0.25) is 0 Å². The number of nitrogens with zero attached hydrogens (tertiary/aromatic N) is 2. The number of fused-ring (bicyclic) bond motifs is 1. The molecule has 1 aliphatic heterocycles. The molecule has 1 atom stereocenters. The van der Waals surface area contributed by atoms with Crippen molar-refractivity contribution in [2.75, 3.05) is 18.1 Å². The van der Waals surface area contributed by atoms with Crippen molar-refractivity contribution in [2.24, 2.45) is 0 Å². The maximum atomic E-state index is 12.5. The van der Waals surface area contributed by atoms with Crippen molar-refractivity contribution >= 4 is 28.6 Å². The molecule has 0 bridgehead atoms. The van der Waals surface area contributed by atoms with E-state index in [-0.39, 0.29) is 5.91 Å². The Morgan fingerprint density at radius 1 is 1.56 bits per heavy atom. The Bertz CT molecular complexity index is 580. The van der Waals surface area contributed by atoms with Crippen molar-refractivity contribution in [1.29, 1.82) is 0 Å². The highest BCUT2D eigenvalue weighted by atomic mass is 32.2. The molecule has 94 valence electrons. The molecule has 0 spiro atoms. The van der Waals surface area contributed by atoms with E-state index in [1.54, 1.807) is 6.20 Å². The monoisotopic (exact) mass is 261 g/mol. The van der Waals surface area contributed by atoms with Crippen LogP contribution in [0.25, 0.3) is 10.9 Å². The van der Waals surface area contributed by atoms with E-state index in [9.17, 15) is 4.79 Å². The summed E-state index contributed by atoms with van der Waals surface area (Å²) in [5.41, 5.74) is 1.66. The van der Waals surface area contributed by atoms with Crippen LogP contribution in [-0.4, -0.2) is 45.1 Å². The van der Waals surface area contributed by atoms with E-state index in [1.807, 2.05) is 34.9 Å². The van der Waals surface area contributed by atoms with Crippen molar-refractivity contribution in [3.05, 3.63) is 30.0 Å². The minimum Gasteiger partial charge on any atom is -0.334 e. The summed E-state index contributed by atoms with van der Waals surface area (Å²) in [5, 5.41) is 7.92. The van der Waals surface area contributed by atoms with Crippen LogP contribution in [0.3, 0.4) is 0 Å². The van der Waals surface area contributed by atoms with Gasteiger partial charge in [0.25, 0.3) is 5.91 Å². The molecular weight excluding hydrogens is 246 g/mol. The third-order valence-electron chi connectivity index (χ3n) is 3.32. The molecule has 1 saturated heterocycles. The van der Waals surface area contributed by atoms with Gasteiger partial charge in [0, 0.05) is 35.0 Å². The maximum Gasteiger partial charge on any atom is 0.254 e. The van der Waals surface area contributed by atoms with Gasteiger partial charge < -0.3 is 4.90 Å². The van der Waals surface area contributed by atoms with Gasteiger partial charge in [-0.05, 0) is 19.1 Å². The number of nitrogens with one attached hydrogen (secondary N) is 1. The summed E-state index contributed by atoms with van der Waals surface area (Å²) in [6.07, 6.45) is 1.77. The number of benzene rings is 1. The molecule has 2 heterocycles. The fraction of sp³-hybridized carbons (Fsp3) is 0.385. The lowest BCUT2D eigenvalue weighted by Crippen LogP contribution is -2.44. The van der Waals surface area contributed by atoms with Crippen LogP contribution in [0, 0.1) is 0 Å². The van der Waals surface area contributed by atoms with E-state index in [4.69, 9.17) is 0 Å². The maximum absolute atomic E-state index is 12.5. The van der Waals surface area contributed by atoms with E-state index in [0.717, 1.165) is 34.5 Å². The Balaban J connectivity index is 1.90. The second-order valence-electron chi connectivity index (χ2n) is 4.59. The summed E-state index contributed by atoms with van der Waals surface area (Å²) in [5.74, 6) is 2.18. The Kier molecular flexibility index (Phi) is 2.99. The molecule has 1 N–H and O–H groups in total. The van der Waals surface area contributed by atoms with E-state index >= 15 is 0 Å². The van der Waals surface area contributed by atoms with Crippen LogP contribution >= 0.6 is 11.8 Å². The number of H-pyrrole nitrogens is 1. The number of carbonyl (C=O) groups is 1. The highest BCUT2D eigenvalue weighted by Gasteiger charge is 2.24. The fourth-order valence-electron chi connectivity index (χ4n) is 2.26. The van der Waals surface area contributed by atoms with Crippen LogP contribution in [0.1, 0.15) is 17.3 Å². The van der Waals surface area contributed by atoms with Crippen LogP contribution in [-0.2, 0) is 0 Å². The minimum atomic E-state index is 0.124. The smallest absolute Gasteiger partial charge is 0.254 e. The Labute approximate surface area is 110 Å². The Hall–Kier alpha value is -1.49. The summed E-state index contributed by atoms with van der Waals surface area (Å²) in [6, 6.07) is 6.03. The lowest BCUT2D eigenvalue weighted by molar-refractivity contribution is 0.0716. The van der Waals surface area contributed by atoms with Gasteiger partial charge in [-0.15, -0.1) is 0 Å². The molecule has 0 saturated carbocycles. The fourth-order valence-corrected chi connectivity index (χ4v) is 3.28. The van der Waals surface area contributed by atoms with Gasteiger partial charge in [-0.1, -0.05) is 6.07 Å². The van der Waals surface area contributed by atoms with E-state index in [1.165, 1.54) is 0 Å². The summed E-state index contributed by atoms with van der Waals surface area (Å²) in [7, 11) is 0. The first-order valence-electron chi connectivity index (χ1n) is 6.07. The highest BCUT2D eigenvalue weighted by Crippen LogP contribution is 2.20. The second-order valence-corrected chi connectivity index (χ2v) is 5.74. The number of carbonyl (C=O) groups excluding carboxylic acids is 1. The van der Waals surface area contributed by atoms with Gasteiger partial charge in [-0.25, -0.2) is 0 Å². The summed E-state index contributed by atoms with van der Waals surface area (Å²) in [4.78, 5) is 14.4. The SMILES string of the molecule is CC1CSCCN1C(=O)c1ccc2cn[nH]c2c1. The molecular formula is C13H15N3OS. The van der Waals surface area contributed by atoms with E-state index in [0.29, 0.717) is 6.04 Å². The van der Waals surface area contributed by atoms with Gasteiger partial charge in [0.1, 0.15) is 0 Å². The molecule has 1 unspecified atom stereocenters. The highest BCUT2D eigenvalue weighted by molar-refractivity contribution is 7.99. The van der Waals surface area contributed by atoms with E-state index in [2.05, 4.69) is 17.1 Å². The molecule has 1 amide bonds. The zero-order valence-electron chi connectivity index (χ0n) is 10.2. The molecule has 2 aromatic rings. The molecule has 0 aliphatic carbocycles. The molecule has 1 aromatic heterocycles. The van der Waals surface area contributed by atoms with Crippen LogP contribution < -0.4 is 0 Å². The van der Waals surface area contributed by atoms with Gasteiger partial charge in [-0.3, -0.25) is 9.89 Å². The first kappa shape index (κ1) is 11.6. The normalized spacial score (nSPS) is 20.3. The molecule has 0 radical (unpaired) electrons. The third-order valence-corrected chi connectivity index (χ3v) is 4.51. The first-order chi connectivity index (χ1) is 8.75. The summed E-state index contributed by atoms with van der Waals surface area (Å²) < 4.78 is 0. The molecule has 3 rings (SSSR count). The number of hydrogen-bond donors (Lipinski definition) is 1. The molecule has 1 fully saturated rings. The van der Waals surface area contributed by atoms with Crippen molar-refractivity contribution in [1.82, 2.24) is 15.1 Å². The van der Waals surface area contributed by atoms with Gasteiger partial charge in [0.15, 0.2) is 0 Å². The molecule has 4 nitrogen and oxygen atoms in total. The van der Waals surface area contributed by atoms with Crippen LogP contribution in [0.5, 0.6) is 0 Å². The lowest BCUT2D eigenvalue weighted by Gasteiger charge is -2.33. The van der Waals surface area contributed by atoms with Crippen molar-refractivity contribution in [2.45, 2.75) is 13.0 Å². The number of amides is 1. The van der Waals surface area contributed by atoms with Crippen LogP contribution in [0.2, 0.25) is 0 Å². The molecule has 5 heteroatoms. The third kappa shape index (κ3) is 1.99. The second kappa shape index (κ2) is 4.65. The van der Waals surface area contributed by atoms with Crippen molar-refractivity contribution < 1.29 is 4.79 Å². The summed E-state index contributed by atoms with van der Waals surface area (Å²) >= 11 is 1.91. The Morgan fingerprint density at radius 2 is 2.44 bits per heavy atom. The zero-order chi connectivity index (χ0) is 12.5.